The zero-order valence-corrected chi connectivity index (χ0v) is 18.2. The van der Waals surface area contributed by atoms with Gasteiger partial charge in [0.05, 0.1) is 12.1 Å². The van der Waals surface area contributed by atoms with E-state index in [1.54, 1.807) is 4.90 Å². The Labute approximate surface area is 187 Å². The highest BCUT2D eigenvalue weighted by Gasteiger charge is 2.52. The molecule has 2 amide bonds. The van der Waals surface area contributed by atoms with Crippen molar-refractivity contribution in [2.75, 3.05) is 24.5 Å². The molecule has 2 fully saturated rings. The molecule has 33 heavy (non-hydrogen) atoms. The van der Waals surface area contributed by atoms with Gasteiger partial charge in [0.2, 0.25) is 10.0 Å². The van der Waals surface area contributed by atoms with Crippen molar-refractivity contribution in [3.8, 4) is 5.75 Å². The summed E-state index contributed by atoms with van der Waals surface area (Å²) in [5.74, 6) is -0.546. The monoisotopic (exact) mass is 486 g/mol. The first-order valence-corrected chi connectivity index (χ1v) is 11.5. The van der Waals surface area contributed by atoms with Crippen LogP contribution >= 0.6 is 0 Å². The molecule has 0 radical (unpaired) electrons. The minimum atomic E-state index is -4.80. The quantitative estimate of drug-likeness (QED) is 0.651. The standard InChI is InChI=1S/C20H21F3N4O5S/c1-19-9-13(10-25-33(30,31)16-3-2-8-24-17(16)28)11-27(19)18(29)26(12-19)14-4-6-15(7-5-14)32-20(21,22)23/h2-8,13,25H,9-12H2,1H3,(H,24,28)/t13-,19-/m0/s1. The fraction of sp³-hybridized carbons (Fsp3) is 0.400. The van der Waals surface area contributed by atoms with Gasteiger partial charge in [-0.3, -0.25) is 9.69 Å². The highest BCUT2D eigenvalue weighted by molar-refractivity contribution is 7.89. The van der Waals surface area contributed by atoms with E-state index in [2.05, 4.69) is 14.4 Å². The van der Waals surface area contributed by atoms with Crippen LogP contribution in [0.3, 0.4) is 0 Å². The number of rotatable bonds is 6. The Hall–Kier alpha value is -3.06. The van der Waals surface area contributed by atoms with Crippen molar-refractivity contribution in [3.05, 3.63) is 52.9 Å². The second-order valence-electron chi connectivity index (χ2n) is 8.30. The van der Waals surface area contributed by atoms with E-state index < -0.39 is 27.5 Å². The van der Waals surface area contributed by atoms with Crippen molar-refractivity contribution >= 4 is 21.7 Å². The number of urea groups is 1. The highest BCUT2D eigenvalue weighted by atomic mass is 32.2. The summed E-state index contributed by atoms with van der Waals surface area (Å²) in [6.45, 7) is 2.53. The Kier molecular flexibility index (Phi) is 5.65. The zero-order valence-electron chi connectivity index (χ0n) is 17.4. The SMILES string of the molecule is C[C@@]12C[C@@H](CNS(=O)(=O)c3ccc[nH]c3=O)CN1C(=O)N(c1ccc(OC(F)(F)F)cc1)C2. The van der Waals surface area contributed by atoms with Crippen molar-refractivity contribution in [1.82, 2.24) is 14.6 Å². The number of benzene rings is 1. The summed E-state index contributed by atoms with van der Waals surface area (Å²) in [4.78, 5) is 29.8. The van der Waals surface area contributed by atoms with E-state index in [1.807, 2.05) is 6.92 Å². The van der Waals surface area contributed by atoms with Gasteiger partial charge in [0.25, 0.3) is 5.56 Å². The van der Waals surface area contributed by atoms with Crippen LogP contribution in [0.4, 0.5) is 23.7 Å². The summed E-state index contributed by atoms with van der Waals surface area (Å²) >= 11 is 0. The number of anilines is 1. The summed E-state index contributed by atoms with van der Waals surface area (Å²) in [6.07, 6.45) is -2.95. The molecule has 0 aliphatic carbocycles. The zero-order chi connectivity index (χ0) is 24.0. The Balaban J connectivity index is 1.40. The first kappa shape index (κ1) is 23.1. The number of fused-ring (bicyclic) bond motifs is 1. The maximum absolute atomic E-state index is 13.0. The van der Waals surface area contributed by atoms with Gasteiger partial charge in [0, 0.05) is 25.0 Å². The number of halogens is 3. The molecule has 4 rings (SSSR count). The predicted octanol–water partition coefficient (Wildman–Crippen LogP) is 2.27. The lowest BCUT2D eigenvalue weighted by molar-refractivity contribution is -0.274. The van der Waals surface area contributed by atoms with E-state index in [4.69, 9.17) is 0 Å². The van der Waals surface area contributed by atoms with Gasteiger partial charge in [-0.2, -0.15) is 0 Å². The van der Waals surface area contributed by atoms with Crippen LogP contribution in [0.25, 0.3) is 0 Å². The van der Waals surface area contributed by atoms with Crippen molar-refractivity contribution in [2.24, 2.45) is 5.92 Å². The summed E-state index contributed by atoms with van der Waals surface area (Å²) in [7, 11) is -4.01. The van der Waals surface area contributed by atoms with Crippen molar-refractivity contribution in [3.63, 3.8) is 0 Å². The van der Waals surface area contributed by atoms with E-state index >= 15 is 0 Å². The van der Waals surface area contributed by atoms with Gasteiger partial charge in [0.15, 0.2) is 0 Å². The molecular weight excluding hydrogens is 465 g/mol. The number of amides is 2. The molecule has 0 bridgehead atoms. The number of hydrogen-bond donors (Lipinski definition) is 2. The summed E-state index contributed by atoms with van der Waals surface area (Å²) in [5.41, 5.74) is -0.856. The van der Waals surface area contributed by atoms with Crippen LogP contribution in [0, 0.1) is 5.92 Å². The number of aromatic amines is 1. The van der Waals surface area contributed by atoms with Gasteiger partial charge in [-0.05, 0) is 55.7 Å². The molecule has 1 aromatic heterocycles. The average molecular weight is 486 g/mol. The summed E-state index contributed by atoms with van der Waals surface area (Å²) in [5, 5.41) is 0. The molecule has 2 N–H and O–H groups in total. The van der Waals surface area contributed by atoms with E-state index in [9.17, 15) is 31.2 Å². The number of sulfonamides is 1. The second kappa shape index (κ2) is 8.06. The van der Waals surface area contributed by atoms with Gasteiger partial charge in [-0.25, -0.2) is 17.9 Å². The number of nitrogens with zero attached hydrogens (tertiary/aromatic N) is 2. The minimum Gasteiger partial charge on any atom is -0.406 e. The molecule has 2 aromatic rings. The lowest BCUT2D eigenvalue weighted by Gasteiger charge is -2.24. The Morgan fingerprint density at radius 1 is 1.21 bits per heavy atom. The number of carbonyl (C=O) groups excluding carboxylic acids is 1. The third-order valence-electron chi connectivity index (χ3n) is 5.80. The van der Waals surface area contributed by atoms with Crippen molar-refractivity contribution in [1.29, 1.82) is 0 Å². The molecule has 178 valence electrons. The van der Waals surface area contributed by atoms with Crippen LogP contribution in [0.5, 0.6) is 5.75 Å². The highest BCUT2D eigenvalue weighted by Crippen LogP contribution is 2.41. The van der Waals surface area contributed by atoms with E-state index in [0.717, 1.165) is 12.1 Å². The maximum Gasteiger partial charge on any atom is 0.573 e. The Morgan fingerprint density at radius 3 is 2.52 bits per heavy atom. The van der Waals surface area contributed by atoms with Gasteiger partial charge < -0.3 is 14.6 Å². The smallest absolute Gasteiger partial charge is 0.406 e. The molecule has 2 atom stereocenters. The number of aromatic nitrogens is 1. The largest absolute Gasteiger partial charge is 0.573 e. The molecule has 0 unspecified atom stereocenters. The predicted molar refractivity (Wildman–Crippen MR) is 111 cm³/mol. The number of pyridine rings is 1. The van der Waals surface area contributed by atoms with Crippen molar-refractivity contribution < 1.29 is 31.1 Å². The summed E-state index contributed by atoms with van der Waals surface area (Å²) < 4.78 is 68.2. The molecule has 2 saturated heterocycles. The van der Waals surface area contributed by atoms with Gasteiger partial charge in [0.1, 0.15) is 10.6 Å². The van der Waals surface area contributed by atoms with Crippen LogP contribution in [0.2, 0.25) is 0 Å². The van der Waals surface area contributed by atoms with Gasteiger partial charge in [-0.1, -0.05) is 0 Å². The molecule has 0 saturated carbocycles. The second-order valence-corrected chi connectivity index (χ2v) is 10.0. The number of ether oxygens (including phenoxy) is 1. The average Bonchev–Trinajstić information content (AvgIpc) is 3.18. The minimum absolute atomic E-state index is 0.0551. The van der Waals surface area contributed by atoms with Crippen LogP contribution in [-0.2, 0) is 10.0 Å². The summed E-state index contributed by atoms with van der Waals surface area (Å²) in [6, 6.07) is 7.36. The van der Waals surface area contributed by atoms with Crippen LogP contribution < -0.4 is 19.9 Å². The Morgan fingerprint density at radius 2 is 1.91 bits per heavy atom. The fourth-order valence-corrected chi connectivity index (χ4v) is 5.55. The number of carbonyl (C=O) groups is 1. The lowest BCUT2D eigenvalue weighted by atomic mass is 9.95. The van der Waals surface area contributed by atoms with Crippen molar-refractivity contribution in [2.45, 2.75) is 30.1 Å². The third kappa shape index (κ3) is 4.69. The molecule has 0 spiro atoms. The molecular formula is C20H21F3N4O5S. The third-order valence-corrected chi connectivity index (χ3v) is 7.24. The van der Waals surface area contributed by atoms with Gasteiger partial charge in [-0.15, -0.1) is 13.2 Å². The van der Waals surface area contributed by atoms with E-state index in [-0.39, 0.29) is 29.1 Å². The molecule has 3 heterocycles. The van der Waals surface area contributed by atoms with Crippen LogP contribution in [0.15, 0.2) is 52.3 Å². The molecule has 2 aliphatic rings. The first-order chi connectivity index (χ1) is 15.4. The maximum atomic E-state index is 13.0. The normalized spacial score (nSPS) is 23.2. The lowest BCUT2D eigenvalue weighted by Crippen LogP contribution is -2.38. The van der Waals surface area contributed by atoms with Crippen LogP contribution in [-0.4, -0.2) is 55.9 Å². The van der Waals surface area contributed by atoms with Crippen LogP contribution in [0.1, 0.15) is 13.3 Å². The number of H-pyrrole nitrogens is 1. The Bertz CT molecular complexity index is 1220. The number of hydrogen-bond acceptors (Lipinski definition) is 5. The molecule has 2 aliphatic heterocycles. The molecule has 1 aromatic carbocycles. The van der Waals surface area contributed by atoms with E-state index in [1.165, 1.54) is 35.4 Å². The van der Waals surface area contributed by atoms with Gasteiger partial charge >= 0.3 is 12.4 Å². The topological polar surface area (TPSA) is 112 Å². The molecule has 13 heteroatoms. The number of alkyl halides is 3. The number of nitrogens with one attached hydrogen (secondary N) is 2. The van der Waals surface area contributed by atoms with E-state index in [0.29, 0.717) is 25.2 Å². The molecule has 9 nitrogen and oxygen atoms in total. The fourth-order valence-electron chi connectivity index (χ4n) is 4.38. The first-order valence-electron chi connectivity index (χ1n) is 10.0.